The van der Waals surface area contributed by atoms with Gasteiger partial charge in [0.05, 0.1) is 5.56 Å². The molecule has 0 saturated carbocycles. The van der Waals surface area contributed by atoms with Gasteiger partial charge in [0, 0.05) is 45.0 Å². The number of hydrogen-bond donors (Lipinski definition) is 1. The first-order chi connectivity index (χ1) is 13.5. The molecule has 148 valence electrons. The van der Waals surface area contributed by atoms with Gasteiger partial charge in [-0.15, -0.1) is 0 Å². The second-order valence-electron chi connectivity index (χ2n) is 7.37. The zero-order valence-corrected chi connectivity index (χ0v) is 16.3. The van der Waals surface area contributed by atoms with Crippen molar-refractivity contribution in [3.8, 4) is 0 Å². The van der Waals surface area contributed by atoms with Crippen molar-refractivity contribution in [3.05, 3.63) is 65.5 Å². The molecule has 0 aromatic heterocycles. The third kappa shape index (κ3) is 4.68. The van der Waals surface area contributed by atoms with Crippen molar-refractivity contribution >= 4 is 17.5 Å². The summed E-state index contributed by atoms with van der Waals surface area (Å²) >= 11 is 0. The molecule has 0 radical (unpaired) electrons. The smallest absolute Gasteiger partial charge is 0.256 e. The minimum atomic E-state index is -0.484. The number of hydrogen-bond acceptors (Lipinski definition) is 3. The standard InChI is InChI=1S/C22H26FN3O2/c1-25(2)18-9-7-17(8-10-18)21(27)24-15-16-11-13-26(14-12-16)22(28)19-5-3-4-6-20(19)23/h3-10,16H,11-15H2,1-2H3,(H,24,27). The summed E-state index contributed by atoms with van der Waals surface area (Å²) in [6.45, 7) is 1.73. The van der Waals surface area contributed by atoms with Gasteiger partial charge < -0.3 is 15.1 Å². The number of carbonyl (C=O) groups excluding carboxylic acids is 2. The highest BCUT2D eigenvalue weighted by atomic mass is 19.1. The van der Waals surface area contributed by atoms with Gasteiger partial charge in [-0.05, 0) is 55.2 Å². The molecule has 1 aliphatic rings. The molecule has 6 heteroatoms. The summed E-state index contributed by atoms with van der Waals surface area (Å²) in [5.74, 6) is -0.520. The Hall–Kier alpha value is -2.89. The van der Waals surface area contributed by atoms with Gasteiger partial charge in [0.15, 0.2) is 0 Å². The predicted octanol–water partition coefficient (Wildman–Crippen LogP) is 3.17. The molecule has 0 spiro atoms. The Labute approximate surface area is 165 Å². The topological polar surface area (TPSA) is 52.7 Å². The van der Waals surface area contributed by atoms with E-state index in [0.717, 1.165) is 18.5 Å². The van der Waals surface area contributed by atoms with E-state index in [0.29, 0.717) is 31.1 Å². The maximum atomic E-state index is 13.8. The quantitative estimate of drug-likeness (QED) is 0.863. The van der Waals surface area contributed by atoms with Gasteiger partial charge in [-0.3, -0.25) is 9.59 Å². The Morgan fingerprint density at radius 1 is 1.07 bits per heavy atom. The zero-order valence-electron chi connectivity index (χ0n) is 16.3. The van der Waals surface area contributed by atoms with Crippen LogP contribution in [0.15, 0.2) is 48.5 Å². The summed E-state index contributed by atoms with van der Waals surface area (Å²) < 4.78 is 13.8. The van der Waals surface area contributed by atoms with Crippen LogP contribution < -0.4 is 10.2 Å². The van der Waals surface area contributed by atoms with E-state index in [1.165, 1.54) is 12.1 Å². The lowest BCUT2D eigenvalue weighted by molar-refractivity contribution is 0.0679. The number of benzene rings is 2. The lowest BCUT2D eigenvalue weighted by Gasteiger charge is -2.32. The Kier molecular flexibility index (Phi) is 6.29. The first kappa shape index (κ1) is 19.9. The van der Waals surface area contributed by atoms with Gasteiger partial charge >= 0.3 is 0 Å². The van der Waals surface area contributed by atoms with Crippen LogP contribution in [-0.2, 0) is 0 Å². The molecule has 1 aliphatic heterocycles. The summed E-state index contributed by atoms with van der Waals surface area (Å²) in [5.41, 5.74) is 1.80. The minimum absolute atomic E-state index is 0.0878. The maximum Gasteiger partial charge on any atom is 0.256 e. The summed E-state index contributed by atoms with van der Waals surface area (Å²) in [5, 5.41) is 2.99. The van der Waals surface area contributed by atoms with E-state index < -0.39 is 5.82 Å². The fraction of sp³-hybridized carbons (Fsp3) is 0.364. The summed E-state index contributed by atoms with van der Waals surface area (Å²) in [6, 6.07) is 13.6. The normalized spacial score (nSPS) is 14.6. The van der Waals surface area contributed by atoms with Crippen LogP contribution in [0, 0.1) is 11.7 Å². The van der Waals surface area contributed by atoms with Crippen LogP contribution in [0.3, 0.4) is 0 Å². The molecule has 1 saturated heterocycles. The fourth-order valence-corrected chi connectivity index (χ4v) is 3.40. The Morgan fingerprint density at radius 2 is 1.71 bits per heavy atom. The first-order valence-electron chi connectivity index (χ1n) is 9.55. The largest absolute Gasteiger partial charge is 0.378 e. The molecule has 2 aromatic rings. The van der Waals surface area contributed by atoms with Crippen LogP contribution in [0.2, 0.25) is 0 Å². The van der Waals surface area contributed by atoms with Crippen molar-refractivity contribution in [2.24, 2.45) is 5.92 Å². The molecule has 2 aromatic carbocycles. The van der Waals surface area contributed by atoms with Crippen molar-refractivity contribution in [1.82, 2.24) is 10.2 Å². The molecule has 0 bridgehead atoms. The fourth-order valence-electron chi connectivity index (χ4n) is 3.40. The summed E-state index contributed by atoms with van der Waals surface area (Å²) in [7, 11) is 3.91. The lowest BCUT2D eigenvalue weighted by atomic mass is 9.96. The van der Waals surface area contributed by atoms with Crippen molar-refractivity contribution in [2.45, 2.75) is 12.8 Å². The van der Waals surface area contributed by atoms with Crippen molar-refractivity contribution in [3.63, 3.8) is 0 Å². The molecule has 28 heavy (non-hydrogen) atoms. The SMILES string of the molecule is CN(C)c1ccc(C(=O)NCC2CCN(C(=O)c3ccccc3F)CC2)cc1. The van der Waals surface area contributed by atoms with Gasteiger partial charge in [0.25, 0.3) is 11.8 Å². The maximum absolute atomic E-state index is 13.8. The summed E-state index contributed by atoms with van der Waals surface area (Å²) in [4.78, 5) is 28.5. The van der Waals surface area contributed by atoms with E-state index in [1.54, 1.807) is 17.0 Å². The molecule has 0 atom stereocenters. The van der Waals surface area contributed by atoms with Crippen LogP contribution in [0.1, 0.15) is 33.6 Å². The molecule has 1 fully saturated rings. The highest BCUT2D eigenvalue weighted by Gasteiger charge is 2.25. The van der Waals surface area contributed by atoms with E-state index in [4.69, 9.17) is 0 Å². The van der Waals surface area contributed by atoms with E-state index >= 15 is 0 Å². The minimum Gasteiger partial charge on any atom is -0.378 e. The van der Waals surface area contributed by atoms with Crippen LogP contribution in [0.5, 0.6) is 0 Å². The van der Waals surface area contributed by atoms with Crippen LogP contribution >= 0.6 is 0 Å². The number of carbonyl (C=O) groups is 2. The number of nitrogens with one attached hydrogen (secondary N) is 1. The molecule has 3 rings (SSSR count). The second kappa shape index (κ2) is 8.87. The van der Waals surface area contributed by atoms with E-state index in [2.05, 4.69) is 5.32 Å². The Morgan fingerprint density at radius 3 is 2.32 bits per heavy atom. The van der Waals surface area contributed by atoms with Gasteiger partial charge in [-0.25, -0.2) is 4.39 Å². The monoisotopic (exact) mass is 383 g/mol. The van der Waals surface area contributed by atoms with Crippen LogP contribution in [-0.4, -0.2) is 50.4 Å². The van der Waals surface area contributed by atoms with Crippen LogP contribution in [0.25, 0.3) is 0 Å². The van der Waals surface area contributed by atoms with Crippen molar-refractivity contribution < 1.29 is 14.0 Å². The Bertz CT molecular complexity index is 828. The number of nitrogens with zero attached hydrogens (tertiary/aromatic N) is 2. The molecule has 0 unspecified atom stereocenters. The molecule has 5 nitrogen and oxygen atoms in total. The van der Waals surface area contributed by atoms with Gasteiger partial charge in [-0.2, -0.15) is 0 Å². The number of piperidine rings is 1. The molecule has 0 aliphatic carbocycles. The molecule has 1 heterocycles. The summed E-state index contributed by atoms with van der Waals surface area (Å²) in [6.07, 6.45) is 1.58. The highest BCUT2D eigenvalue weighted by molar-refractivity contribution is 5.95. The van der Waals surface area contributed by atoms with Crippen LogP contribution in [0.4, 0.5) is 10.1 Å². The number of halogens is 1. The van der Waals surface area contributed by atoms with Crippen molar-refractivity contribution in [1.29, 1.82) is 0 Å². The third-order valence-corrected chi connectivity index (χ3v) is 5.20. The number of rotatable bonds is 5. The number of anilines is 1. The van der Waals surface area contributed by atoms with E-state index in [9.17, 15) is 14.0 Å². The number of likely N-dealkylation sites (tertiary alicyclic amines) is 1. The van der Waals surface area contributed by atoms with E-state index in [-0.39, 0.29) is 17.4 Å². The van der Waals surface area contributed by atoms with Crippen molar-refractivity contribution in [2.75, 3.05) is 38.6 Å². The lowest BCUT2D eigenvalue weighted by Crippen LogP contribution is -2.41. The Balaban J connectivity index is 1.47. The average Bonchev–Trinajstić information content (AvgIpc) is 2.72. The van der Waals surface area contributed by atoms with E-state index in [1.807, 2.05) is 43.3 Å². The van der Waals surface area contributed by atoms with Gasteiger partial charge in [0.2, 0.25) is 0 Å². The highest BCUT2D eigenvalue weighted by Crippen LogP contribution is 2.20. The predicted molar refractivity (Wildman–Crippen MR) is 108 cm³/mol. The first-order valence-corrected chi connectivity index (χ1v) is 9.55. The zero-order chi connectivity index (χ0) is 20.1. The molecular formula is C22H26FN3O2. The molecular weight excluding hydrogens is 357 g/mol. The molecule has 1 N–H and O–H groups in total. The average molecular weight is 383 g/mol. The second-order valence-corrected chi connectivity index (χ2v) is 7.37. The number of amides is 2. The van der Waals surface area contributed by atoms with Gasteiger partial charge in [-0.1, -0.05) is 12.1 Å². The molecule has 2 amide bonds. The van der Waals surface area contributed by atoms with Gasteiger partial charge in [0.1, 0.15) is 5.82 Å². The third-order valence-electron chi connectivity index (χ3n) is 5.20.